The lowest BCUT2D eigenvalue weighted by atomic mass is 9.99. The van der Waals surface area contributed by atoms with Gasteiger partial charge in [0.15, 0.2) is 15.6 Å². The molecule has 0 heterocycles. The SMILES string of the molecule is CC(=O)Oc1cc(S(C)(=O)=O)ccc1C(=O)C(C)(C)Cl. The number of Topliss-reactive ketones (excluding diaryl/α,β-unsaturated/α-hetero) is 1. The second-order valence-corrected chi connectivity index (χ2v) is 7.79. The number of carbonyl (C=O) groups excluding carboxylic acids is 2. The van der Waals surface area contributed by atoms with E-state index in [-0.39, 0.29) is 16.2 Å². The molecule has 0 saturated carbocycles. The fourth-order valence-corrected chi connectivity index (χ4v) is 2.22. The number of ether oxygens (including phenoxy) is 1. The van der Waals surface area contributed by atoms with Gasteiger partial charge in [-0.25, -0.2) is 8.42 Å². The van der Waals surface area contributed by atoms with Gasteiger partial charge in [-0.3, -0.25) is 9.59 Å². The maximum Gasteiger partial charge on any atom is 0.308 e. The van der Waals surface area contributed by atoms with Gasteiger partial charge >= 0.3 is 5.97 Å². The van der Waals surface area contributed by atoms with E-state index in [2.05, 4.69) is 0 Å². The standard InChI is InChI=1S/C13H15ClO5S/c1-8(15)19-11-7-9(20(4,17)18)5-6-10(11)12(16)13(2,3)14/h5-7H,1-4H3. The summed E-state index contributed by atoms with van der Waals surface area (Å²) < 4.78 is 27.9. The molecule has 0 aliphatic rings. The van der Waals surface area contributed by atoms with Crippen molar-refractivity contribution in [2.45, 2.75) is 30.5 Å². The van der Waals surface area contributed by atoms with Crippen molar-refractivity contribution in [3.05, 3.63) is 23.8 Å². The number of benzene rings is 1. The van der Waals surface area contributed by atoms with E-state index in [1.165, 1.54) is 26.0 Å². The Kier molecular flexibility index (Phi) is 4.61. The third-order valence-corrected chi connectivity index (χ3v) is 3.70. The molecule has 5 nitrogen and oxygen atoms in total. The molecule has 1 aromatic rings. The van der Waals surface area contributed by atoms with Crippen LogP contribution in [0.15, 0.2) is 23.1 Å². The molecule has 0 fully saturated rings. The molecule has 1 aromatic carbocycles. The van der Waals surface area contributed by atoms with Crippen molar-refractivity contribution < 1.29 is 22.7 Å². The van der Waals surface area contributed by atoms with Crippen molar-refractivity contribution in [3.8, 4) is 5.75 Å². The van der Waals surface area contributed by atoms with Crippen molar-refractivity contribution in [3.63, 3.8) is 0 Å². The number of halogens is 1. The average Bonchev–Trinajstić information content (AvgIpc) is 2.24. The predicted octanol–water partition coefficient (Wildman–Crippen LogP) is 2.22. The highest BCUT2D eigenvalue weighted by Crippen LogP contribution is 2.29. The van der Waals surface area contributed by atoms with Crippen LogP contribution in [-0.4, -0.2) is 31.3 Å². The highest BCUT2D eigenvalue weighted by atomic mass is 35.5. The summed E-state index contributed by atoms with van der Waals surface area (Å²) in [6.45, 7) is 4.16. The van der Waals surface area contributed by atoms with Crippen molar-refractivity contribution in [2.75, 3.05) is 6.26 Å². The summed E-state index contributed by atoms with van der Waals surface area (Å²) in [6, 6.07) is 3.71. The molecule has 0 radical (unpaired) electrons. The monoisotopic (exact) mass is 318 g/mol. The van der Waals surface area contributed by atoms with Gasteiger partial charge in [-0.1, -0.05) is 0 Å². The first-order valence-electron chi connectivity index (χ1n) is 5.69. The van der Waals surface area contributed by atoms with Crippen LogP contribution in [0.25, 0.3) is 0 Å². The number of alkyl halides is 1. The summed E-state index contributed by atoms with van der Waals surface area (Å²) in [5, 5.41) is 0. The lowest BCUT2D eigenvalue weighted by Gasteiger charge is -2.17. The van der Waals surface area contributed by atoms with E-state index in [1.807, 2.05) is 0 Å². The molecule has 0 amide bonds. The van der Waals surface area contributed by atoms with Crippen molar-refractivity contribution in [1.29, 1.82) is 0 Å². The van der Waals surface area contributed by atoms with Gasteiger partial charge in [0.1, 0.15) is 10.6 Å². The molecule has 1 rings (SSSR count). The van der Waals surface area contributed by atoms with E-state index in [0.717, 1.165) is 19.2 Å². The maximum atomic E-state index is 12.2. The summed E-state index contributed by atoms with van der Waals surface area (Å²) in [6.07, 6.45) is 1.02. The van der Waals surface area contributed by atoms with Crippen LogP contribution >= 0.6 is 11.6 Å². The molecule has 0 aliphatic carbocycles. The van der Waals surface area contributed by atoms with Gasteiger partial charge in [0, 0.05) is 19.2 Å². The quantitative estimate of drug-likeness (QED) is 0.368. The minimum Gasteiger partial charge on any atom is -0.426 e. The third-order valence-electron chi connectivity index (χ3n) is 2.42. The van der Waals surface area contributed by atoms with Gasteiger partial charge in [-0.15, -0.1) is 11.6 Å². The molecule has 0 aromatic heterocycles. The first-order chi connectivity index (χ1) is 8.93. The van der Waals surface area contributed by atoms with Gasteiger partial charge in [0.05, 0.1) is 10.5 Å². The second-order valence-electron chi connectivity index (χ2n) is 4.83. The van der Waals surface area contributed by atoms with Gasteiger partial charge < -0.3 is 4.74 Å². The first kappa shape index (κ1) is 16.7. The Bertz CT molecular complexity index is 656. The fraction of sp³-hybridized carbons (Fsp3) is 0.385. The zero-order chi connectivity index (χ0) is 15.7. The Hall–Kier alpha value is -1.40. The number of esters is 1. The minimum absolute atomic E-state index is 0.0438. The van der Waals surface area contributed by atoms with E-state index in [0.29, 0.717) is 0 Å². The number of carbonyl (C=O) groups is 2. The second kappa shape index (κ2) is 5.54. The number of rotatable bonds is 4. The zero-order valence-corrected chi connectivity index (χ0v) is 13.1. The van der Waals surface area contributed by atoms with Gasteiger partial charge in [0.2, 0.25) is 0 Å². The topological polar surface area (TPSA) is 77.5 Å². The van der Waals surface area contributed by atoms with Crippen molar-refractivity contribution in [1.82, 2.24) is 0 Å². The molecule has 0 N–H and O–H groups in total. The Morgan fingerprint density at radius 3 is 2.20 bits per heavy atom. The largest absolute Gasteiger partial charge is 0.426 e. The molecule has 0 spiro atoms. The van der Waals surface area contributed by atoms with Crippen LogP contribution < -0.4 is 4.74 Å². The molecule has 0 unspecified atom stereocenters. The smallest absolute Gasteiger partial charge is 0.308 e. The van der Waals surface area contributed by atoms with Gasteiger partial charge in [-0.05, 0) is 26.0 Å². The lowest BCUT2D eigenvalue weighted by Crippen LogP contribution is -2.25. The van der Waals surface area contributed by atoms with Crippen LogP contribution in [-0.2, 0) is 14.6 Å². The molecule has 110 valence electrons. The summed E-state index contributed by atoms with van der Waals surface area (Å²) in [5.41, 5.74) is 0.0626. The number of sulfone groups is 1. The van der Waals surface area contributed by atoms with Crippen LogP contribution in [0.1, 0.15) is 31.1 Å². The van der Waals surface area contributed by atoms with Crippen LogP contribution in [0.4, 0.5) is 0 Å². The molecule has 0 aliphatic heterocycles. The molecular formula is C13H15ClO5S. The Balaban J connectivity index is 3.46. The molecule has 0 atom stereocenters. The maximum absolute atomic E-state index is 12.2. The van der Waals surface area contributed by atoms with Gasteiger partial charge in [0.25, 0.3) is 0 Å². The summed E-state index contributed by atoms with van der Waals surface area (Å²) in [4.78, 5) is 22.0. The Morgan fingerprint density at radius 2 is 1.80 bits per heavy atom. The number of hydrogen-bond donors (Lipinski definition) is 0. The number of hydrogen-bond acceptors (Lipinski definition) is 5. The van der Waals surface area contributed by atoms with Crippen LogP contribution in [0, 0.1) is 0 Å². The lowest BCUT2D eigenvalue weighted by molar-refractivity contribution is -0.131. The van der Waals surface area contributed by atoms with E-state index in [1.54, 1.807) is 0 Å². The highest BCUT2D eigenvalue weighted by Gasteiger charge is 2.29. The number of ketones is 1. The van der Waals surface area contributed by atoms with Crippen LogP contribution in [0.5, 0.6) is 5.75 Å². The summed E-state index contributed by atoms with van der Waals surface area (Å²) in [5.74, 6) is -1.23. The molecule has 0 bridgehead atoms. The Morgan fingerprint density at radius 1 is 1.25 bits per heavy atom. The summed E-state index contributed by atoms with van der Waals surface area (Å²) in [7, 11) is -3.47. The molecule has 0 saturated heterocycles. The average molecular weight is 319 g/mol. The normalized spacial score (nSPS) is 12.1. The zero-order valence-electron chi connectivity index (χ0n) is 11.6. The van der Waals surface area contributed by atoms with Crippen molar-refractivity contribution >= 4 is 33.2 Å². The molecule has 20 heavy (non-hydrogen) atoms. The van der Waals surface area contributed by atoms with Crippen molar-refractivity contribution in [2.24, 2.45) is 0 Å². The van der Waals surface area contributed by atoms with E-state index < -0.39 is 26.5 Å². The minimum atomic E-state index is -3.47. The third kappa shape index (κ3) is 4.05. The molecule has 7 heteroatoms. The predicted molar refractivity (Wildman–Crippen MR) is 75.1 cm³/mol. The van der Waals surface area contributed by atoms with Crippen LogP contribution in [0.2, 0.25) is 0 Å². The highest BCUT2D eigenvalue weighted by molar-refractivity contribution is 7.90. The van der Waals surface area contributed by atoms with Crippen LogP contribution in [0.3, 0.4) is 0 Å². The first-order valence-corrected chi connectivity index (χ1v) is 7.96. The van der Waals surface area contributed by atoms with E-state index in [9.17, 15) is 18.0 Å². The molecular weight excluding hydrogens is 304 g/mol. The van der Waals surface area contributed by atoms with Gasteiger partial charge in [-0.2, -0.15) is 0 Å². The fourth-order valence-electron chi connectivity index (χ4n) is 1.48. The van der Waals surface area contributed by atoms with E-state index in [4.69, 9.17) is 16.3 Å². The van der Waals surface area contributed by atoms with E-state index >= 15 is 0 Å². The Labute approximate surface area is 122 Å². The summed E-state index contributed by atoms with van der Waals surface area (Å²) >= 11 is 5.95.